The van der Waals surface area contributed by atoms with Gasteiger partial charge in [-0.1, -0.05) is 17.7 Å². The molecule has 0 aromatic heterocycles. The Morgan fingerprint density at radius 3 is 3.00 bits per heavy atom. The van der Waals surface area contributed by atoms with Gasteiger partial charge in [0.1, 0.15) is 5.82 Å². The second-order valence-electron chi connectivity index (χ2n) is 3.87. The third kappa shape index (κ3) is 2.30. The molecule has 1 fully saturated rings. The van der Waals surface area contributed by atoms with Gasteiger partial charge in [0.2, 0.25) is 0 Å². The fraction of sp³-hybridized carbons (Fsp3) is 0.455. The van der Waals surface area contributed by atoms with Gasteiger partial charge in [-0.25, -0.2) is 4.39 Å². The first-order valence-corrected chi connectivity index (χ1v) is 5.42. The van der Waals surface area contributed by atoms with Gasteiger partial charge in [0.25, 0.3) is 0 Å². The molecule has 2 nitrogen and oxygen atoms in total. The Labute approximate surface area is 94.0 Å². The molecular formula is C11H14ClFN2. The van der Waals surface area contributed by atoms with E-state index in [2.05, 4.69) is 17.3 Å². The normalized spacial score (nSPS) is 23.0. The molecule has 0 amide bonds. The minimum absolute atomic E-state index is 0.200. The van der Waals surface area contributed by atoms with E-state index >= 15 is 0 Å². The highest BCUT2D eigenvalue weighted by molar-refractivity contribution is 6.30. The zero-order chi connectivity index (χ0) is 10.8. The number of nitrogens with one attached hydrogen (secondary N) is 1. The number of likely N-dealkylation sites (N-methyl/N-ethyl adjacent to an activating group) is 1. The van der Waals surface area contributed by atoms with Crippen LogP contribution in [0.2, 0.25) is 5.02 Å². The Balaban J connectivity index is 2.24. The molecule has 1 N–H and O–H groups in total. The van der Waals surface area contributed by atoms with Crippen molar-refractivity contribution in [1.82, 2.24) is 10.2 Å². The monoisotopic (exact) mass is 228 g/mol. The van der Waals surface area contributed by atoms with Crippen LogP contribution in [0.4, 0.5) is 4.39 Å². The highest BCUT2D eigenvalue weighted by Gasteiger charge is 2.20. The maximum atomic E-state index is 13.0. The van der Waals surface area contributed by atoms with E-state index in [-0.39, 0.29) is 16.9 Å². The molecule has 0 saturated carbocycles. The van der Waals surface area contributed by atoms with Crippen LogP contribution in [0.25, 0.3) is 0 Å². The van der Waals surface area contributed by atoms with E-state index in [0.717, 1.165) is 25.2 Å². The van der Waals surface area contributed by atoms with Gasteiger partial charge >= 0.3 is 0 Å². The number of rotatable bonds is 1. The molecule has 1 saturated heterocycles. The third-order valence-electron chi connectivity index (χ3n) is 2.84. The second-order valence-corrected chi connectivity index (χ2v) is 4.28. The van der Waals surface area contributed by atoms with Crippen molar-refractivity contribution in [3.63, 3.8) is 0 Å². The Bertz CT molecular complexity index is 356. The van der Waals surface area contributed by atoms with Crippen molar-refractivity contribution in [1.29, 1.82) is 0 Å². The lowest BCUT2D eigenvalue weighted by Crippen LogP contribution is -2.43. The molecular weight excluding hydrogens is 215 g/mol. The van der Waals surface area contributed by atoms with Gasteiger partial charge in [0, 0.05) is 25.7 Å². The predicted molar refractivity (Wildman–Crippen MR) is 59.7 cm³/mol. The lowest BCUT2D eigenvalue weighted by Gasteiger charge is -2.33. The fourth-order valence-electron chi connectivity index (χ4n) is 1.90. The zero-order valence-electron chi connectivity index (χ0n) is 8.63. The Morgan fingerprint density at radius 1 is 1.53 bits per heavy atom. The maximum absolute atomic E-state index is 13.0. The number of benzene rings is 1. The van der Waals surface area contributed by atoms with Crippen LogP contribution >= 0.6 is 11.6 Å². The van der Waals surface area contributed by atoms with E-state index in [1.165, 1.54) is 6.07 Å². The Morgan fingerprint density at radius 2 is 2.33 bits per heavy atom. The molecule has 1 heterocycles. The zero-order valence-corrected chi connectivity index (χ0v) is 9.39. The van der Waals surface area contributed by atoms with Gasteiger partial charge in [0.05, 0.1) is 5.02 Å². The molecule has 15 heavy (non-hydrogen) atoms. The minimum Gasteiger partial charge on any atom is -0.314 e. The standard InChI is InChI=1S/C11H14ClFN2/c1-15-5-4-14-7-11(15)8-2-3-10(13)9(12)6-8/h2-3,6,11,14H,4-5,7H2,1H3. The summed E-state index contributed by atoms with van der Waals surface area (Å²) in [4.78, 5) is 2.25. The van der Waals surface area contributed by atoms with E-state index in [1.54, 1.807) is 12.1 Å². The van der Waals surface area contributed by atoms with Crippen LogP contribution < -0.4 is 5.32 Å². The summed E-state index contributed by atoms with van der Waals surface area (Å²) < 4.78 is 13.0. The molecule has 1 aromatic rings. The van der Waals surface area contributed by atoms with Crippen LogP contribution in [0, 0.1) is 5.82 Å². The van der Waals surface area contributed by atoms with Crippen LogP contribution in [0.1, 0.15) is 11.6 Å². The topological polar surface area (TPSA) is 15.3 Å². The fourth-order valence-corrected chi connectivity index (χ4v) is 2.09. The largest absolute Gasteiger partial charge is 0.314 e. The van der Waals surface area contributed by atoms with Gasteiger partial charge < -0.3 is 5.32 Å². The van der Waals surface area contributed by atoms with Gasteiger partial charge in [-0.05, 0) is 24.7 Å². The third-order valence-corrected chi connectivity index (χ3v) is 3.13. The molecule has 0 bridgehead atoms. The quantitative estimate of drug-likeness (QED) is 0.792. The van der Waals surface area contributed by atoms with Crippen molar-refractivity contribution in [3.05, 3.63) is 34.6 Å². The number of nitrogens with zero attached hydrogens (tertiary/aromatic N) is 1. The van der Waals surface area contributed by atoms with Gasteiger partial charge in [0.15, 0.2) is 0 Å². The Hall–Kier alpha value is -0.640. The SMILES string of the molecule is CN1CCNCC1c1ccc(F)c(Cl)c1. The van der Waals surface area contributed by atoms with Crippen molar-refractivity contribution in [2.24, 2.45) is 0 Å². The number of hydrogen-bond acceptors (Lipinski definition) is 2. The summed E-state index contributed by atoms with van der Waals surface area (Å²) in [5.41, 5.74) is 1.07. The van der Waals surface area contributed by atoms with E-state index in [9.17, 15) is 4.39 Å². The molecule has 1 atom stereocenters. The van der Waals surface area contributed by atoms with Crippen LogP contribution in [0.3, 0.4) is 0 Å². The molecule has 0 spiro atoms. The van der Waals surface area contributed by atoms with Crippen molar-refractivity contribution in [2.75, 3.05) is 26.7 Å². The molecule has 1 aliphatic rings. The molecule has 1 aromatic carbocycles. The van der Waals surface area contributed by atoms with Crippen LogP contribution in [-0.4, -0.2) is 31.6 Å². The Kier molecular flexibility index (Phi) is 3.24. The second kappa shape index (κ2) is 4.47. The summed E-state index contributed by atoms with van der Waals surface area (Å²) in [7, 11) is 2.07. The number of halogens is 2. The summed E-state index contributed by atoms with van der Waals surface area (Å²) in [6, 6.07) is 5.23. The molecule has 1 unspecified atom stereocenters. The van der Waals surface area contributed by atoms with Gasteiger partial charge in [-0.15, -0.1) is 0 Å². The van der Waals surface area contributed by atoms with E-state index < -0.39 is 0 Å². The molecule has 2 rings (SSSR count). The van der Waals surface area contributed by atoms with Gasteiger partial charge in [-0.3, -0.25) is 4.90 Å². The summed E-state index contributed by atoms with van der Waals surface area (Å²) >= 11 is 5.77. The van der Waals surface area contributed by atoms with Crippen LogP contribution in [-0.2, 0) is 0 Å². The van der Waals surface area contributed by atoms with Crippen molar-refractivity contribution < 1.29 is 4.39 Å². The van der Waals surface area contributed by atoms with Crippen molar-refractivity contribution in [2.45, 2.75) is 6.04 Å². The van der Waals surface area contributed by atoms with Crippen LogP contribution in [0.5, 0.6) is 0 Å². The first-order valence-electron chi connectivity index (χ1n) is 5.04. The van der Waals surface area contributed by atoms with E-state index in [0.29, 0.717) is 0 Å². The first-order chi connectivity index (χ1) is 7.18. The average Bonchev–Trinajstić information content (AvgIpc) is 2.23. The summed E-state index contributed by atoms with van der Waals surface area (Å²) in [6.07, 6.45) is 0. The highest BCUT2D eigenvalue weighted by Crippen LogP contribution is 2.24. The van der Waals surface area contributed by atoms with E-state index in [4.69, 9.17) is 11.6 Å². The summed E-state index contributed by atoms with van der Waals surface area (Å²) in [6.45, 7) is 2.89. The lowest BCUT2D eigenvalue weighted by atomic mass is 10.0. The molecule has 0 aliphatic carbocycles. The summed E-state index contributed by atoms with van der Waals surface area (Å²) in [5, 5.41) is 3.52. The number of piperazine rings is 1. The lowest BCUT2D eigenvalue weighted by molar-refractivity contribution is 0.202. The highest BCUT2D eigenvalue weighted by atomic mass is 35.5. The average molecular weight is 229 g/mol. The molecule has 0 radical (unpaired) electrons. The van der Waals surface area contributed by atoms with Crippen molar-refractivity contribution >= 4 is 11.6 Å². The van der Waals surface area contributed by atoms with E-state index in [1.807, 2.05) is 0 Å². The number of hydrogen-bond donors (Lipinski definition) is 1. The maximum Gasteiger partial charge on any atom is 0.141 e. The smallest absolute Gasteiger partial charge is 0.141 e. The predicted octanol–water partition coefficient (Wildman–Crippen LogP) is 2.06. The molecule has 1 aliphatic heterocycles. The van der Waals surface area contributed by atoms with Crippen molar-refractivity contribution in [3.8, 4) is 0 Å². The van der Waals surface area contributed by atoms with Crippen LogP contribution in [0.15, 0.2) is 18.2 Å². The summed E-state index contributed by atoms with van der Waals surface area (Å²) in [5.74, 6) is -0.355. The minimum atomic E-state index is -0.355. The first kappa shape index (κ1) is 10.9. The van der Waals surface area contributed by atoms with Gasteiger partial charge in [-0.2, -0.15) is 0 Å². The molecule has 4 heteroatoms. The molecule has 82 valence electrons.